The predicted octanol–water partition coefficient (Wildman–Crippen LogP) is 11.4. The molecule has 0 aromatic rings. The molecule has 9 atom stereocenters. The van der Waals surface area contributed by atoms with Crippen molar-refractivity contribution in [3.05, 3.63) is 82.3 Å². The smallest absolute Gasteiger partial charge is 0.0338 e. The normalized spacial score (nSPS) is 39.2. The van der Waals surface area contributed by atoms with Crippen molar-refractivity contribution in [3.63, 3.8) is 0 Å². The zero-order valence-electron chi connectivity index (χ0n) is 29.7. The number of hydrogen-bond donors (Lipinski definition) is 2. The van der Waals surface area contributed by atoms with Gasteiger partial charge in [0.05, 0.1) is 0 Å². The average Bonchev–Trinajstić information content (AvgIpc) is 3.83. The van der Waals surface area contributed by atoms with Crippen LogP contribution >= 0.6 is 0 Å². The minimum atomic E-state index is 0.636. The molecule has 1 saturated carbocycles. The summed E-state index contributed by atoms with van der Waals surface area (Å²) < 4.78 is 0. The van der Waals surface area contributed by atoms with Gasteiger partial charge in [0.25, 0.3) is 0 Å². The van der Waals surface area contributed by atoms with Gasteiger partial charge in [-0.3, -0.25) is 0 Å². The van der Waals surface area contributed by atoms with E-state index in [1.165, 1.54) is 141 Å². The van der Waals surface area contributed by atoms with Gasteiger partial charge in [0.1, 0.15) is 0 Å². The summed E-state index contributed by atoms with van der Waals surface area (Å²) in [5.41, 5.74) is 10.1. The molecule has 254 valence electrons. The van der Waals surface area contributed by atoms with Crippen molar-refractivity contribution in [1.82, 2.24) is 10.6 Å². The first kappa shape index (κ1) is 32.2. The van der Waals surface area contributed by atoms with Crippen LogP contribution in [-0.4, -0.2) is 12.6 Å². The summed E-state index contributed by atoms with van der Waals surface area (Å²) >= 11 is 0. The second kappa shape index (κ2) is 14.8. The fraction of sp³-hybridized carbons (Fsp3) is 0.689. The van der Waals surface area contributed by atoms with Crippen LogP contribution in [0.1, 0.15) is 135 Å². The highest BCUT2D eigenvalue weighted by atomic mass is 14.9. The first-order valence-electron chi connectivity index (χ1n) is 20.6. The van der Waals surface area contributed by atoms with Crippen LogP contribution < -0.4 is 10.6 Å². The van der Waals surface area contributed by atoms with Gasteiger partial charge in [0, 0.05) is 23.4 Å². The molecule has 0 amide bonds. The molecular formula is C45H64N2. The molecule has 2 N–H and O–H groups in total. The summed E-state index contributed by atoms with van der Waals surface area (Å²) in [6, 6.07) is 0.636. The molecular weight excluding hydrogens is 569 g/mol. The maximum absolute atomic E-state index is 4.07. The van der Waals surface area contributed by atoms with E-state index in [4.69, 9.17) is 0 Å². The third kappa shape index (κ3) is 7.02. The van der Waals surface area contributed by atoms with Crippen molar-refractivity contribution >= 4 is 0 Å². The third-order valence-corrected chi connectivity index (χ3v) is 14.3. The van der Waals surface area contributed by atoms with Crippen molar-refractivity contribution in [2.24, 2.45) is 47.3 Å². The first-order valence-corrected chi connectivity index (χ1v) is 20.6. The lowest BCUT2D eigenvalue weighted by Crippen LogP contribution is -2.34. The van der Waals surface area contributed by atoms with Crippen LogP contribution in [0.5, 0.6) is 0 Å². The SMILES string of the molecule is CCC1C=C(C2CCCC(C3C=C(NC4=CCCC=C4)C(C4C=CC(C5CCCC6=C5CCCC6)CC4)CC3)C2)C=C1C1CCCN1. The summed E-state index contributed by atoms with van der Waals surface area (Å²) in [7, 11) is 0. The molecule has 8 rings (SSSR count). The van der Waals surface area contributed by atoms with Gasteiger partial charge in [0.15, 0.2) is 0 Å². The Kier molecular flexibility index (Phi) is 10.1. The fourth-order valence-corrected chi connectivity index (χ4v) is 11.8. The van der Waals surface area contributed by atoms with Crippen molar-refractivity contribution in [2.75, 3.05) is 6.54 Å². The van der Waals surface area contributed by atoms with Crippen LogP contribution in [0.25, 0.3) is 0 Å². The van der Waals surface area contributed by atoms with Crippen molar-refractivity contribution in [3.8, 4) is 0 Å². The van der Waals surface area contributed by atoms with Crippen LogP contribution in [-0.2, 0) is 0 Å². The molecule has 2 heteroatoms. The van der Waals surface area contributed by atoms with E-state index in [-0.39, 0.29) is 0 Å². The summed E-state index contributed by atoms with van der Waals surface area (Å²) in [5, 5.41) is 7.88. The number of nitrogens with one attached hydrogen (secondary N) is 2. The molecule has 8 aliphatic rings. The van der Waals surface area contributed by atoms with Gasteiger partial charge in [-0.25, -0.2) is 0 Å². The molecule has 0 aromatic carbocycles. The summed E-state index contributed by atoms with van der Waals surface area (Å²) in [6.45, 7) is 3.60. The van der Waals surface area contributed by atoms with Crippen LogP contribution in [0.4, 0.5) is 0 Å². The minimum Gasteiger partial charge on any atom is -0.359 e. The van der Waals surface area contributed by atoms with Gasteiger partial charge in [0.2, 0.25) is 0 Å². The third-order valence-electron chi connectivity index (χ3n) is 14.3. The summed E-state index contributed by atoms with van der Waals surface area (Å²) in [5.74, 6) is 6.02. The molecule has 1 heterocycles. The second-order valence-corrected chi connectivity index (χ2v) is 17.0. The Hall–Kier alpha value is -2.06. The second-order valence-electron chi connectivity index (χ2n) is 17.0. The standard InChI is InChI=1S/C45H64N2/c1-2-31-27-38(29-43(31)44-19-10-26-46-44)36-14-8-13-35(28-36)37-24-25-42(45(30-37)47-39-15-4-3-5-16-39)34-22-20-33(21-23-34)41-18-9-12-32-11-6-7-17-40(32)41/h4,15-16,20,22,27,29-31,33-37,41-42,44,46-47H,2-3,5-14,17-19,21,23-26,28H2,1H3. The number of allylic oxidation sites excluding steroid dienone is 12. The van der Waals surface area contributed by atoms with E-state index in [1.807, 2.05) is 11.1 Å². The van der Waals surface area contributed by atoms with E-state index in [2.05, 4.69) is 66.2 Å². The van der Waals surface area contributed by atoms with E-state index in [0.717, 1.165) is 29.6 Å². The highest BCUT2D eigenvalue weighted by molar-refractivity contribution is 5.40. The van der Waals surface area contributed by atoms with E-state index in [0.29, 0.717) is 23.8 Å². The molecule has 1 aliphatic heterocycles. The first-order chi connectivity index (χ1) is 23.2. The molecule has 7 aliphatic carbocycles. The topological polar surface area (TPSA) is 24.1 Å². The lowest BCUT2D eigenvalue weighted by molar-refractivity contribution is 0.204. The lowest BCUT2D eigenvalue weighted by atomic mass is 9.65. The van der Waals surface area contributed by atoms with Crippen molar-refractivity contribution in [1.29, 1.82) is 0 Å². The highest BCUT2D eigenvalue weighted by Gasteiger charge is 2.38. The molecule has 9 unspecified atom stereocenters. The molecule has 0 spiro atoms. The number of hydrogen-bond acceptors (Lipinski definition) is 2. The fourth-order valence-electron chi connectivity index (χ4n) is 11.8. The van der Waals surface area contributed by atoms with Crippen LogP contribution in [0.15, 0.2) is 82.3 Å². The van der Waals surface area contributed by atoms with Gasteiger partial charge in [-0.2, -0.15) is 0 Å². The molecule has 47 heavy (non-hydrogen) atoms. The van der Waals surface area contributed by atoms with E-state index in [9.17, 15) is 0 Å². The molecule has 0 aromatic heterocycles. The Bertz CT molecular complexity index is 1340. The maximum atomic E-state index is 4.07. The van der Waals surface area contributed by atoms with Crippen LogP contribution in [0.2, 0.25) is 0 Å². The van der Waals surface area contributed by atoms with Gasteiger partial charge in [-0.05, 0) is 187 Å². The van der Waals surface area contributed by atoms with Gasteiger partial charge in [-0.15, -0.1) is 0 Å². The molecule has 0 bridgehead atoms. The molecule has 2 fully saturated rings. The average molecular weight is 633 g/mol. The van der Waals surface area contributed by atoms with Gasteiger partial charge in [-0.1, -0.05) is 67.0 Å². The van der Waals surface area contributed by atoms with Crippen molar-refractivity contribution in [2.45, 2.75) is 141 Å². The van der Waals surface area contributed by atoms with E-state index in [1.54, 1.807) is 16.8 Å². The number of rotatable bonds is 8. The highest BCUT2D eigenvalue weighted by Crippen LogP contribution is 2.49. The molecule has 2 nitrogen and oxygen atoms in total. The van der Waals surface area contributed by atoms with Gasteiger partial charge >= 0.3 is 0 Å². The molecule has 0 radical (unpaired) electrons. The van der Waals surface area contributed by atoms with E-state index >= 15 is 0 Å². The van der Waals surface area contributed by atoms with Gasteiger partial charge < -0.3 is 10.6 Å². The monoisotopic (exact) mass is 633 g/mol. The Morgan fingerprint density at radius 3 is 2.43 bits per heavy atom. The van der Waals surface area contributed by atoms with E-state index < -0.39 is 0 Å². The lowest BCUT2D eigenvalue weighted by Gasteiger charge is -2.42. The Morgan fingerprint density at radius 1 is 0.766 bits per heavy atom. The Balaban J connectivity index is 0.979. The maximum Gasteiger partial charge on any atom is 0.0338 e. The summed E-state index contributed by atoms with van der Waals surface area (Å²) in [4.78, 5) is 0. The zero-order valence-corrected chi connectivity index (χ0v) is 29.7. The Labute approximate surface area is 287 Å². The molecule has 1 saturated heterocycles. The zero-order chi connectivity index (χ0) is 31.6. The van der Waals surface area contributed by atoms with Crippen LogP contribution in [0.3, 0.4) is 0 Å². The largest absolute Gasteiger partial charge is 0.359 e. The van der Waals surface area contributed by atoms with Crippen LogP contribution in [0, 0.1) is 47.3 Å². The van der Waals surface area contributed by atoms with Crippen molar-refractivity contribution < 1.29 is 0 Å². The minimum absolute atomic E-state index is 0.636. The quantitative estimate of drug-likeness (QED) is 0.260. The summed E-state index contributed by atoms with van der Waals surface area (Å²) in [6.07, 6.45) is 48.2. The predicted molar refractivity (Wildman–Crippen MR) is 198 cm³/mol. The Morgan fingerprint density at radius 2 is 1.62 bits per heavy atom.